The molecule has 0 bridgehead atoms. The van der Waals surface area contributed by atoms with Crippen LogP contribution in [0, 0.1) is 6.57 Å². The predicted molar refractivity (Wildman–Crippen MR) is 50.3 cm³/mol. The van der Waals surface area contributed by atoms with Gasteiger partial charge < -0.3 is 0 Å². The fourth-order valence-electron chi connectivity index (χ4n) is 1.07. The summed E-state index contributed by atoms with van der Waals surface area (Å²) in [5, 5.41) is 0. The maximum absolute atomic E-state index is 11.3. The third-order valence-corrected chi connectivity index (χ3v) is 3.95. The van der Waals surface area contributed by atoms with E-state index in [-0.39, 0.29) is 5.75 Å². The van der Waals surface area contributed by atoms with Gasteiger partial charge in [0.15, 0.2) is 5.70 Å². The Morgan fingerprint density at radius 1 is 1.62 bits per heavy atom. The quantitative estimate of drug-likeness (QED) is 0.620. The Balaban J connectivity index is 2.68. The summed E-state index contributed by atoms with van der Waals surface area (Å²) in [6.45, 7) is 10.9. The zero-order chi connectivity index (χ0) is 10.1. The molecule has 0 aromatic rings. The lowest BCUT2D eigenvalue weighted by Gasteiger charge is -2.33. The molecule has 5 heteroatoms. The summed E-state index contributed by atoms with van der Waals surface area (Å²) < 4.78 is 23.9. The molecule has 1 aliphatic rings. The number of hydrogen-bond acceptors (Lipinski definition) is 2. The lowest BCUT2D eigenvalue weighted by atomic mass is 10.1. The number of hydrogen-bond donors (Lipinski definition) is 0. The van der Waals surface area contributed by atoms with Crippen LogP contribution >= 0.6 is 0 Å². The summed E-state index contributed by atoms with van der Waals surface area (Å²) in [5.74, 6) is 0.136. The standard InChI is InChI=1S/C8H12N2O2S/c1-4-13(11,12)10-5-8(6-10)7(2)9-3/h4-6H2,1-2H3. The second kappa shape index (κ2) is 3.48. The first-order chi connectivity index (χ1) is 6.01. The van der Waals surface area contributed by atoms with Crippen molar-refractivity contribution in [2.45, 2.75) is 13.8 Å². The molecule has 0 N–H and O–H groups in total. The van der Waals surface area contributed by atoms with E-state index in [1.807, 2.05) is 0 Å². The van der Waals surface area contributed by atoms with Crippen LogP contribution in [0.25, 0.3) is 4.85 Å². The number of rotatable bonds is 2. The lowest BCUT2D eigenvalue weighted by molar-refractivity contribution is 0.390. The normalized spacial score (nSPS) is 17.8. The van der Waals surface area contributed by atoms with E-state index in [0.29, 0.717) is 18.8 Å². The second-order valence-corrected chi connectivity index (χ2v) is 5.23. The molecular weight excluding hydrogens is 188 g/mol. The minimum Gasteiger partial charge on any atom is -0.243 e. The van der Waals surface area contributed by atoms with Crippen LogP contribution in [0.2, 0.25) is 0 Å². The molecule has 1 fully saturated rings. The van der Waals surface area contributed by atoms with Gasteiger partial charge in [0.1, 0.15) is 0 Å². The van der Waals surface area contributed by atoms with Crippen molar-refractivity contribution in [1.82, 2.24) is 4.31 Å². The Labute approximate surface area is 78.7 Å². The van der Waals surface area contributed by atoms with E-state index in [4.69, 9.17) is 6.57 Å². The van der Waals surface area contributed by atoms with Crippen LogP contribution in [-0.4, -0.2) is 31.6 Å². The van der Waals surface area contributed by atoms with Crippen molar-refractivity contribution in [2.24, 2.45) is 0 Å². The molecule has 0 saturated carbocycles. The molecule has 0 aliphatic carbocycles. The number of nitrogens with zero attached hydrogens (tertiary/aromatic N) is 2. The molecule has 0 aromatic heterocycles. The Kier molecular flexibility index (Phi) is 2.74. The lowest BCUT2D eigenvalue weighted by Crippen LogP contribution is -2.45. The van der Waals surface area contributed by atoms with E-state index >= 15 is 0 Å². The highest BCUT2D eigenvalue weighted by atomic mass is 32.2. The molecule has 0 amide bonds. The average molecular weight is 200 g/mol. The van der Waals surface area contributed by atoms with E-state index < -0.39 is 10.0 Å². The summed E-state index contributed by atoms with van der Waals surface area (Å²) in [5.41, 5.74) is 1.56. The first-order valence-corrected chi connectivity index (χ1v) is 5.66. The van der Waals surface area contributed by atoms with Crippen molar-refractivity contribution in [1.29, 1.82) is 0 Å². The van der Waals surface area contributed by atoms with Gasteiger partial charge in [-0.25, -0.2) is 13.3 Å². The SMILES string of the molecule is [C-]#[N+]C(C)=C1CN(S(=O)(=O)CC)C1. The van der Waals surface area contributed by atoms with Crippen molar-refractivity contribution >= 4 is 10.0 Å². The molecule has 1 heterocycles. The molecule has 1 saturated heterocycles. The molecule has 72 valence electrons. The van der Waals surface area contributed by atoms with E-state index in [0.717, 1.165) is 5.57 Å². The fraction of sp³-hybridized carbons (Fsp3) is 0.625. The minimum atomic E-state index is -3.04. The minimum absolute atomic E-state index is 0.136. The highest BCUT2D eigenvalue weighted by Gasteiger charge is 2.30. The van der Waals surface area contributed by atoms with Gasteiger partial charge in [0.05, 0.1) is 12.3 Å². The third-order valence-electron chi connectivity index (χ3n) is 2.17. The van der Waals surface area contributed by atoms with E-state index in [9.17, 15) is 8.42 Å². The fourth-order valence-corrected chi connectivity index (χ4v) is 2.14. The van der Waals surface area contributed by atoms with Crippen molar-refractivity contribution in [2.75, 3.05) is 18.8 Å². The highest BCUT2D eigenvalue weighted by Crippen LogP contribution is 2.22. The van der Waals surface area contributed by atoms with Crippen LogP contribution in [-0.2, 0) is 10.0 Å². The molecule has 0 aromatic carbocycles. The molecule has 0 unspecified atom stereocenters. The van der Waals surface area contributed by atoms with Gasteiger partial charge in [0.2, 0.25) is 10.0 Å². The van der Waals surface area contributed by atoms with Gasteiger partial charge in [-0.1, -0.05) is 0 Å². The first-order valence-electron chi connectivity index (χ1n) is 4.05. The molecule has 1 aliphatic heterocycles. The van der Waals surface area contributed by atoms with Crippen LogP contribution in [0.15, 0.2) is 11.3 Å². The largest absolute Gasteiger partial charge is 0.243 e. The molecule has 13 heavy (non-hydrogen) atoms. The van der Waals surface area contributed by atoms with Gasteiger partial charge in [-0.2, -0.15) is 4.31 Å². The van der Waals surface area contributed by atoms with Gasteiger partial charge >= 0.3 is 0 Å². The number of allylic oxidation sites excluding steroid dienone is 1. The Morgan fingerprint density at radius 2 is 2.15 bits per heavy atom. The van der Waals surface area contributed by atoms with Gasteiger partial charge in [-0.3, -0.25) is 0 Å². The van der Waals surface area contributed by atoms with E-state index in [1.165, 1.54) is 4.31 Å². The zero-order valence-electron chi connectivity index (χ0n) is 7.74. The molecule has 4 nitrogen and oxygen atoms in total. The van der Waals surface area contributed by atoms with Crippen molar-refractivity contribution in [3.63, 3.8) is 0 Å². The highest BCUT2D eigenvalue weighted by molar-refractivity contribution is 7.89. The maximum atomic E-state index is 11.3. The Hall–Kier alpha value is -0.860. The van der Waals surface area contributed by atoms with Gasteiger partial charge in [-0.15, -0.1) is 0 Å². The molecule has 0 atom stereocenters. The summed E-state index contributed by atoms with van der Waals surface area (Å²) >= 11 is 0. The first kappa shape index (κ1) is 10.2. The van der Waals surface area contributed by atoms with Crippen LogP contribution in [0.1, 0.15) is 13.8 Å². The average Bonchev–Trinajstić information content (AvgIpc) is 2.01. The predicted octanol–water partition coefficient (Wildman–Crippen LogP) is 0.845. The second-order valence-electron chi connectivity index (χ2n) is 2.97. The monoisotopic (exact) mass is 200 g/mol. The Bertz CT molecular complexity index is 367. The summed E-state index contributed by atoms with van der Waals surface area (Å²) in [7, 11) is -3.04. The zero-order valence-corrected chi connectivity index (χ0v) is 8.56. The van der Waals surface area contributed by atoms with E-state index in [1.54, 1.807) is 13.8 Å². The van der Waals surface area contributed by atoms with Gasteiger partial charge in [0, 0.05) is 13.1 Å². The van der Waals surface area contributed by atoms with Crippen LogP contribution in [0.3, 0.4) is 0 Å². The molecule has 1 rings (SSSR count). The topological polar surface area (TPSA) is 41.7 Å². The van der Waals surface area contributed by atoms with Gasteiger partial charge in [0.25, 0.3) is 0 Å². The summed E-state index contributed by atoms with van der Waals surface area (Å²) in [6, 6.07) is 0. The van der Waals surface area contributed by atoms with Crippen LogP contribution in [0.5, 0.6) is 0 Å². The van der Waals surface area contributed by atoms with Crippen molar-refractivity contribution < 1.29 is 8.42 Å². The van der Waals surface area contributed by atoms with Crippen molar-refractivity contribution in [3.8, 4) is 0 Å². The summed E-state index contributed by atoms with van der Waals surface area (Å²) in [6.07, 6.45) is 0. The van der Waals surface area contributed by atoms with Crippen LogP contribution < -0.4 is 0 Å². The van der Waals surface area contributed by atoms with Crippen LogP contribution in [0.4, 0.5) is 0 Å². The molecule has 0 radical (unpaired) electrons. The third kappa shape index (κ3) is 1.90. The maximum Gasteiger partial charge on any atom is 0.214 e. The summed E-state index contributed by atoms with van der Waals surface area (Å²) in [4.78, 5) is 3.26. The van der Waals surface area contributed by atoms with Gasteiger partial charge in [-0.05, 0) is 19.4 Å². The van der Waals surface area contributed by atoms with Crippen molar-refractivity contribution in [3.05, 3.63) is 22.7 Å². The number of sulfonamides is 1. The molecule has 0 spiro atoms. The smallest absolute Gasteiger partial charge is 0.214 e. The molecular formula is C8H12N2O2S. The van der Waals surface area contributed by atoms with E-state index in [2.05, 4.69) is 4.85 Å². The Morgan fingerprint density at radius 3 is 2.54 bits per heavy atom.